The fourth-order valence-electron chi connectivity index (χ4n) is 2.60. The molecule has 4 heteroatoms. The van der Waals surface area contributed by atoms with Crippen molar-refractivity contribution in [2.45, 2.75) is 51.6 Å². The molecule has 2 rings (SSSR count). The Balaban J connectivity index is 2.05. The Bertz CT molecular complexity index is 610. The topological polar surface area (TPSA) is 37.8 Å². The van der Waals surface area contributed by atoms with E-state index in [0.29, 0.717) is 0 Å². The Kier molecular flexibility index (Phi) is 5.98. The van der Waals surface area contributed by atoms with Crippen molar-refractivity contribution < 1.29 is 0 Å². The van der Waals surface area contributed by atoms with Gasteiger partial charge in [0.1, 0.15) is 5.82 Å². The summed E-state index contributed by atoms with van der Waals surface area (Å²) in [5.41, 5.74) is 3.52. The summed E-state index contributed by atoms with van der Waals surface area (Å²) >= 11 is 1.87. The lowest BCUT2D eigenvalue weighted by Crippen LogP contribution is -2.23. The van der Waals surface area contributed by atoms with Crippen molar-refractivity contribution in [3.63, 3.8) is 0 Å². The summed E-state index contributed by atoms with van der Waals surface area (Å²) in [6.45, 7) is 10.5. The molecule has 0 radical (unpaired) electrons. The molecule has 118 valence electrons. The highest BCUT2D eigenvalue weighted by Crippen LogP contribution is 2.23. The number of aryl methyl sites for hydroxylation is 2. The van der Waals surface area contributed by atoms with E-state index in [-0.39, 0.29) is 12.1 Å². The zero-order valence-corrected chi connectivity index (χ0v) is 14.9. The van der Waals surface area contributed by atoms with Gasteiger partial charge in [-0.1, -0.05) is 19.1 Å². The van der Waals surface area contributed by atoms with Crippen molar-refractivity contribution >= 4 is 11.8 Å². The van der Waals surface area contributed by atoms with Gasteiger partial charge >= 0.3 is 0 Å². The van der Waals surface area contributed by atoms with Gasteiger partial charge in [0.2, 0.25) is 0 Å². The predicted molar refractivity (Wildman–Crippen MR) is 94.3 cm³/mol. The Morgan fingerprint density at radius 2 is 1.77 bits per heavy atom. The SMILES string of the molecule is CCSc1ccc([C@@H](C)N[C@H](C)c2cnc(C)nc2C)cc1. The molecule has 0 aliphatic rings. The third-order valence-electron chi connectivity index (χ3n) is 3.80. The molecule has 1 heterocycles. The third kappa shape index (κ3) is 4.31. The Morgan fingerprint density at radius 3 is 2.36 bits per heavy atom. The fraction of sp³-hybridized carbons (Fsp3) is 0.444. The maximum absolute atomic E-state index is 4.45. The molecule has 0 saturated heterocycles. The number of nitrogens with one attached hydrogen (secondary N) is 1. The van der Waals surface area contributed by atoms with Crippen LogP contribution in [-0.2, 0) is 0 Å². The van der Waals surface area contributed by atoms with Gasteiger partial charge in [-0.15, -0.1) is 11.8 Å². The molecular formula is C18H25N3S. The van der Waals surface area contributed by atoms with E-state index in [2.05, 4.69) is 60.3 Å². The molecule has 0 aliphatic carbocycles. The summed E-state index contributed by atoms with van der Waals surface area (Å²) in [4.78, 5) is 10.1. The molecule has 0 bridgehead atoms. The smallest absolute Gasteiger partial charge is 0.125 e. The molecule has 2 atom stereocenters. The van der Waals surface area contributed by atoms with Gasteiger partial charge in [0.15, 0.2) is 0 Å². The first kappa shape index (κ1) is 17.0. The molecular weight excluding hydrogens is 290 g/mol. The largest absolute Gasteiger partial charge is 0.304 e. The van der Waals surface area contributed by atoms with Crippen molar-refractivity contribution in [1.82, 2.24) is 15.3 Å². The second kappa shape index (κ2) is 7.75. The molecule has 0 aliphatic heterocycles. The summed E-state index contributed by atoms with van der Waals surface area (Å²) in [5.74, 6) is 1.93. The molecule has 0 saturated carbocycles. The van der Waals surface area contributed by atoms with E-state index in [1.54, 1.807) is 0 Å². The van der Waals surface area contributed by atoms with Gasteiger partial charge in [-0.05, 0) is 51.1 Å². The number of aromatic nitrogens is 2. The van der Waals surface area contributed by atoms with Crippen molar-refractivity contribution in [1.29, 1.82) is 0 Å². The van der Waals surface area contributed by atoms with E-state index in [9.17, 15) is 0 Å². The van der Waals surface area contributed by atoms with Crippen LogP contribution in [0.5, 0.6) is 0 Å². The third-order valence-corrected chi connectivity index (χ3v) is 4.69. The predicted octanol–water partition coefficient (Wildman–Crippen LogP) is 4.62. The average molecular weight is 315 g/mol. The van der Waals surface area contributed by atoms with E-state index in [0.717, 1.165) is 22.8 Å². The highest BCUT2D eigenvalue weighted by molar-refractivity contribution is 7.99. The first-order chi connectivity index (χ1) is 10.5. The van der Waals surface area contributed by atoms with Crippen LogP contribution < -0.4 is 5.32 Å². The van der Waals surface area contributed by atoms with Gasteiger partial charge < -0.3 is 5.32 Å². The number of thioether (sulfide) groups is 1. The minimum absolute atomic E-state index is 0.222. The highest BCUT2D eigenvalue weighted by atomic mass is 32.2. The van der Waals surface area contributed by atoms with Crippen LogP contribution in [0.15, 0.2) is 35.4 Å². The minimum atomic E-state index is 0.222. The van der Waals surface area contributed by atoms with E-state index in [1.165, 1.54) is 10.5 Å². The number of hydrogen-bond donors (Lipinski definition) is 1. The molecule has 0 spiro atoms. The lowest BCUT2D eigenvalue weighted by atomic mass is 10.0. The van der Waals surface area contributed by atoms with Crippen LogP contribution in [-0.4, -0.2) is 15.7 Å². The van der Waals surface area contributed by atoms with Gasteiger partial charge in [0, 0.05) is 34.4 Å². The van der Waals surface area contributed by atoms with E-state index < -0.39 is 0 Å². The van der Waals surface area contributed by atoms with Crippen LogP contribution >= 0.6 is 11.8 Å². The Morgan fingerprint density at radius 1 is 1.09 bits per heavy atom. The number of nitrogens with zero attached hydrogens (tertiary/aromatic N) is 2. The van der Waals surface area contributed by atoms with E-state index >= 15 is 0 Å². The normalized spacial score (nSPS) is 13.9. The Hall–Kier alpha value is -1.39. The second-order valence-electron chi connectivity index (χ2n) is 5.57. The van der Waals surface area contributed by atoms with Gasteiger partial charge in [0.25, 0.3) is 0 Å². The molecule has 1 aromatic carbocycles. The van der Waals surface area contributed by atoms with Crippen molar-refractivity contribution in [2.75, 3.05) is 5.75 Å². The van der Waals surface area contributed by atoms with Gasteiger partial charge in [0.05, 0.1) is 0 Å². The minimum Gasteiger partial charge on any atom is -0.304 e. The van der Waals surface area contributed by atoms with Crippen LogP contribution in [0, 0.1) is 13.8 Å². The summed E-state index contributed by atoms with van der Waals surface area (Å²) in [6, 6.07) is 9.33. The molecule has 3 nitrogen and oxygen atoms in total. The summed E-state index contributed by atoms with van der Waals surface area (Å²) in [7, 11) is 0. The van der Waals surface area contributed by atoms with Crippen molar-refractivity contribution in [3.8, 4) is 0 Å². The molecule has 22 heavy (non-hydrogen) atoms. The maximum Gasteiger partial charge on any atom is 0.125 e. The zero-order chi connectivity index (χ0) is 16.1. The average Bonchev–Trinajstić information content (AvgIpc) is 2.48. The standard InChI is InChI=1S/C18H25N3S/c1-6-22-17-9-7-16(8-10-17)12(2)20-13(3)18-11-19-15(5)21-14(18)4/h7-13,20H,6H2,1-5H3/t12-,13-/m1/s1. The molecule has 0 unspecified atom stereocenters. The lowest BCUT2D eigenvalue weighted by Gasteiger charge is -2.21. The molecule has 0 fully saturated rings. The maximum atomic E-state index is 4.45. The lowest BCUT2D eigenvalue weighted by molar-refractivity contribution is 0.490. The van der Waals surface area contributed by atoms with Gasteiger partial charge in [-0.2, -0.15) is 0 Å². The molecule has 1 aromatic heterocycles. The summed E-state index contributed by atoms with van der Waals surface area (Å²) in [6.07, 6.45) is 1.93. The van der Waals surface area contributed by atoms with Crippen molar-refractivity contribution in [2.24, 2.45) is 0 Å². The zero-order valence-electron chi connectivity index (χ0n) is 14.1. The summed E-state index contributed by atoms with van der Waals surface area (Å²) < 4.78 is 0. The number of benzene rings is 1. The van der Waals surface area contributed by atoms with Crippen molar-refractivity contribution in [3.05, 3.63) is 53.1 Å². The quantitative estimate of drug-likeness (QED) is 0.790. The fourth-order valence-corrected chi connectivity index (χ4v) is 3.26. The van der Waals surface area contributed by atoms with Gasteiger partial charge in [-0.25, -0.2) is 9.97 Å². The van der Waals surface area contributed by atoms with Gasteiger partial charge in [-0.3, -0.25) is 0 Å². The van der Waals surface area contributed by atoms with Crippen LogP contribution in [0.2, 0.25) is 0 Å². The molecule has 1 N–H and O–H groups in total. The number of hydrogen-bond acceptors (Lipinski definition) is 4. The van der Waals surface area contributed by atoms with E-state index in [4.69, 9.17) is 0 Å². The number of rotatable bonds is 6. The van der Waals surface area contributed by atoms with E-state index in [1.807, 2.05) is 31.8 Å². The van der Waals surface area contributed by atoms with Crippen LogP contribution in [0.4, 0.5) is 0 Å². The monoisotopic (exact) mass is 315 g/mol. The second-order valence-corrected chi connectivity index (χ2v) is 6.91. The Labute approximate surface area is 138 Å². The molecule has 0 amide bonds. The first-order valence-electron chi connectivity index (χ1n) is 7.80. The first-order valence-corrected chi connectivity index (χ1v) is 8.78. The van der Waals surface area contributed by atoms with Crippen LogP contribution in [0.1, 0.15) is 55.5 Å². The molecule has 2 aromatic rings. The van der Waals surface area contributed by atoms with Crippen LogP contribution in [0.25, 0.3) is 0 Å². The highest BCUT2D eigenvalue weighted by Gasteiger charge is 2.14. The summed E-state index contributed by atoms with van der Waals surface area (Å²) in [5, 5.41) is 3.64. The van der Waals surface area contributed by atoms with Crippen LogP contribution in [0.3, 0.4) is 0 Å².